The van der Waals surface area contributed by atoms with Crippen molar-refractivity contribution in [1.82, 2.24) is 15.2 Å². The number of piperazine rings is 1. The minimum absolute atomic E-state index is 0.0812. The van der Waals surface area contributed by atoms with E-state index < -0.39 is 0 Å². The number of hydrogen-bond acceptors (Lipinski definition) is 5. The Morgan fingerprint density at radius 2 is 2.12 bits per heavy atom. The normalized spacial score (nSPS) is 16.5. The Morgan fingerprint density at radius 1 is 1.35 bits per heavy atom. The van der Waals surface area contributed by atoms with Gasteiger partial charge in [-0.1, -0.05) is 29.3 Å². The van der Waals surface area contributed by atoms with Crippen molar-refractivity contribution < 1.29 is 4.79 Å². The summed E-state index contributed by atoms with van der Waals surface area (Å²) in [6.07, 6.45) is 2.49. The van der Waals surface area contributed by atoms with Crippen LogP contribution in [0.15, 0.2) is 29.8 Å². The summed E-state index contributed by atoms with van der Waals surface area (Å²) in [5, 5.41) is 6.19. The van der Waals surface area contributed by atoms with Gasteiger partial charge in [0, 0.05) is 43.8 Å². The second-order valence-corrected chi connectivity index (χ2v) is 8.15. The van der Waals surface area contributed by atoms with Gasteiger partial charge in [-0.3, -0.25) is 9.69 Å². The summed E-state index contributed by atoms with van der Waals surface area (Å²) >= 11 is 13.9. The van der Waals surface area contributed by atoms with Gasteiger partial charge in [0.05, 0.1) is 16.1 Å². The number of anilines is 1. The van der Waals surface area contributed by atoms with Crippen molar-refractivity contribution in [2.75, 3.05) is 37.6 Å². The Kier molecular flexibility index (Phi) is 6.75. The standard InChI is InChI=1S/C18H22Cl2N4OS/c1-13(18(25)21-5-4-15-3-2-10-26-15)23-6-8-24(9-7-23)17-16(20)11-14(19)12-22-17/h2-3,10-13H,4-9H2,1H3,(H,21,25). The van der Waals surface area contributed by atoms with Gasteiger partial charge in [0.1, 0.15) is 5.82 Å². The fourth-order valence-corrected chi connectivity index (χ4v) is 4.25. The van der Waals surface area contributed by atoms with Crippen molar-refractivity contribution in [2.24, 2.45) is 0 Å². The molecule has 0 saturated carbocycles. The van der Waals surface area contributed by atoms with Crippen molar-refractivity contribution >= 4 is 46.3 Å². The van der Waals surface area contributed by atoms with Crippen LogP contribution in [0.25, 0.3) is 0 Å². The van der Waals surface area contributed by atoms with Crippen LogP contribution in [-0.4, -0.2) is 54.6 Å². The summed E-state index contributed by atoms with van der Waals surface area (Å²) in [6.45, 7) is 5.78. The number of hydrogen-bond donors (Lipinski definition) is 1. The molecule has 1 aliphatic rings. The fraction of sp³-hybridized carbons (Fsp3) is 0.444. The first-order chi connectivity index (χ1) is 12.5. The second-order valence-electron chi connectivity index (χ2n) is 6.28. The lowest BCUT2D eigenvalue weighted by atomic mass is 10.2. The van der Waals surface area contributed by atoms with E-state index in [1.54, 1.807) is 23.6 Å². The number of pyridine rings is 1. The van der Waals surface area contributed by atoms with E-state index in [-0.39, 0.29) is 11.9 Å². The summed E-state index contributed by atoms with van der Waals surface area (Å²) in [4.78, 5) is 22.4. The van der Waals surface area contributed by atoms with E-state index in [1.807, 2.05) is 13.0 Å². The van der Waals surface area contributed by atoms with Gasteiger partial charge in [-0.05, 0) is 30.9 Å². The van der Waals surface area contributed by atoms with Crippen LogP contribution in [0.5, 0.6) is 0 Å². The minimum Gasteiger partial charge on any atom is -0.354 e. The lowest BCUT2D eigenvalue weighted by Gasteiger charge is -2.38. The van der Waals surface area contributed by atoms with Crippen LogP contribution in [0, 0.1) is 0 Å². The molecule has 2 aromatic heterocycles. The number of carbonyl (C=O) groups excluding carboxylic acids is 1. The van der Waals surface area contributed by atoms with E-state index in [0.29, 0.717) is 16.6 Å². The third kappa shape index (κ3) is 4.88. The van der Waals surface area contributed by atoms with E-state index in [4.69, 9.17) is 23.2 Å². The zero-order valence-corrected chi connectivity index (χ0v) is 16.9. The first-order valence-corrected chi connectivity index (χ1v) is 10.3. The van der Waals surface area contributed by atoms with Crippen molar-refractivity contribution in [3.63, 3.8) is 0 Å². The highest BCUT2D eigenvalue weighted by molar-refractivity contribution is 7.09. The number of nitrogens with zero attached hydrogens (tertiary/aromatic N) is 3. The van der Waals surface area contributed by atoms with Gasteiger partial charge >= 0.3 is 0 Å². The minimum atomic E-state index is -0.144. The van der Waals surface area contributed by atoms with Gasteiger partial charge in [-0.25, -0.2) is 4.98 Å². The van der Waals surface area contributed by atoms with Crippen LogP contribution in [-0.2, 0) is 11.2 Å². The van der Waals surface area contributed by atoms with Crippen LogP contribution < -0.4 is 10.2 Å². The Morgan fingerprint density at radius 3 is 2.77 bits per heavy atom. The third-order valence-corrected chi connectivity index (χ3v) is 6.00. The molecule has 2 aromatic rings. The second kappa shape index (κ2) is 9.04. The number of rotatable bonds is 6. The average molecular weight is 413 g/mol. The monoisotopic (exact) mass is 412 g/mol. The predicted molar refractivity (Wildman–Crippen MR) is 109 cm³/mol. The van der Waals surface area contributed by atoms with Gasteiger partial charge < -0.3 is 10.2 Å². The molecule has 1 fully saturated rings. The van der Waals surface area contributed by atoms with Crippen molar-refractivity contribution in [3.8, 4) is 0 Å². The molecule has 8 heteroatoms. The molecule has 140 valence electrons. The Balaban J connectivity index is 1.46. The SMILES string of the molecule is CC(C(=O)NCCc1cccs1)N1CCN(c2ncc(Cl)cc2Cl)CC1. The molecule has 1 N–H and O–H groups in total. The molecule has 1 amide bonds. The molecule has 0 aromatic carbocycles. The summed E-state index contributed by atoms with van der Waals surface area (Å²) in [5.41, 5.74) is 0. The molecule has 0 bridgehead atoms. The van der Waals surface area contributed by atoms with Crippen LogP contribution in [0.3, 0.4) is 0 Å². The zero-order chi connectivity index (χ0) is 18.5. The van der Waals surface area contributed by atoms with Crippen molar-refractivity contribution in [2.45, 2.75) is 19.4 Å². The maximum Gasteiger partial charge on any atom is 0.237 e. The fourth-order valence-electron chi connectivity index (χ4n) is 3.04. The van der Waals surface area contributed by atoms with Crippen LogP contribution in [0.4, 0.5) is 5.82 Å². The van der Waals surface area contributed by atoms with E-state index >= 15 is 0 Å². The number of halogens is 2. The van der Waals surface area contributed by atoms with E-state index in [2.05, 4.69) is 31.5 Å². The number of aromatic nitrogens is 1. The molecule has 0 spiro atoms. The largest absolute Gasteiger partial charge is 0.354 e. The molecule has 26 heavy (non-hydrogen) atoms. The highest BCUT2D eigenvalue weighted by Gasteiger charge is 2.26. The van der Waals surface area contributed by atoms with Gasteiger partial charge in [-0.2, -0.15) is 0 Å². The topological polar surface area (TPSA) is 48.5 Å². The molecule has 1 atom stereocenters. The first kappa shape index (κ1) is 19.4. The summed E-state index contributed by atoms with van der Waals surface area (Å²) < 4.78 is 0. The Labute approximate surface area is 167 Å². The smallest absolute Gasteiger partial charge is 0.237 e. The molecule has 1 saturated heterocycles. The van der Waals surface area contributed by atoms with Gasteiger partial charge in [-0.15, -0.1) is 11.3 Å². The average Bonchev–Trinajstić information content (AvgIpc) is 3.15. The van der Waals surface area contributed by atoms with E-state index in [9.17, 15) is 4.79 Å². The van der Waals surface area contributed by atoms with E-state index in [1.165, 1.54) is 4.88 Å². The molecule has 1 unspecified atom stereocenters. The molecule has 0 aliphatic carbocycles. The third-order valence-electron chi connectivity index (χ3n) is 4.58. The zero-order valence-electron chi connectivity index (χ0n) is 14.6. The van der Waals surface area contributed by atoms with Crippen LogP contribution in [0.2, 0.25) is 10.0 Å². The quantitative estimate of drug-likeness (QED) is 0.790. The maximum atomic E-state index is 12.4. The lowest BCUT2D eigenvalue weighted by Crippen LogP contribution is -2.54. The summed E-state index contributed by atoms with van der Waals surface area (Å²) in [6, 6.07) is 5.69. The van der Waals surface area contributed by atoms with Crippen LogP contribution in [0.1, 0.15) is 11.8 Å². The Bertz CT molecular complexity index is 733. The number of carbonyl (C=O) groups is 1. The number of nitrogens with one attached hydrogen (secondary N) is 1. The summed E-state index contributed by atoms with van der Waals surface area (Å²) in [5.74, 6) is 0.835. The molecule has 5 nitrogen and oxygen atoms in total. The molecular weight excluding hydrogens is 391 g/mol. The van der Waals surface area contributed by atoms with Crippen molar-refractivity contribution in [3.05, 3.63) is 44.7 Å². The van der Waals surface area contributed by atoms with Gasteiger partial charge in [0.15, 0.2) is 0 Å². The van der Waals surface area contributed by atoms with E-state index in [0.717, 1.165) is 38.4 Å². The highest BCUT2D eigenvalue weighted by Crippen LogP contribution is 2.27. The van der Waals surface area contributed by atoms with Gasteiger partial charge in [0.2, 0.25) is 5.91 Å². The highest BCUT2D eigenvalue weighted by atomic mass is 35.5. The van der Waals surface area contributed by atoms with Crippen molar-refractivity contribution in [1.29, 1.82) is 0 Å². The molecule has 3 rings (SSSR count). The molecule has 1 aliphatic heterocycles. The molecule has 3 heterocycles. The number of amides is 1. The molecule has 0 radical (unpaired) electrons. The summed E-state index contributed by atoms with van der Waals surface area (Å²) in [7, 11) is 0. The van der Waals surface area contributed by atoms with Crippen LogP contribution >= 0.6 is 34.5 Å². The first-order valence-electron chi connectivity index (χ1n) is 8.64. The molecular formula is C18H22Cl2N4OS. The predicted octanol–water partition coefficient (Wildman–Crippen LogP) is 3.32. The number of thiophene rings is 1. The van der Waals surface area contributed by atoms with Gasteiger partial charge in [0.25, 0.3) is 0 Å². The lowest BCUT2D eigenvalue weighted by molar-refractivity contribution is -0.125. The Hall–Kier alpha value is -1.34. The maximum absolute atomic E-state index is 12.4.